The molecule has 0 radical (unpaired) electrons. The van der Waals surface area contributed by atoms with Gasteiger partial charge in [-0.2, -0.15) is 0 Å². The van der Waals surface area contributed by atoms with Gasteiger partial charge in [-0.05, 0) is 38.5 Å². The predicted octanol–water partition coefficient (Wildman–Crippen LogP) is 1.00. The molecule has 1 saturated heterocycles. The maximum Gasteiger partial charge on any atom is 0.338 e. The molecular formula is C16H25NO5. The molecule has 0 aromatic heterocycles. The van der Waals surface area contributed by atoms with Crippen molar-refractivity contribution in [3.8, 4) is 0 Å². The largest absolute Gasteiger partial charge is 0.453 e. The zero-order valence-electron chi connectivity index (χ0n) is 13.0. The molecule has 2 atom stereocenters. The van der Waals surface area contributed by atoms with Gasteiger partial charge in [-0.25, -0.2) is 4.79 Å². The van der Waals surface area contributed by atoms with Gasteiger partial charge in [0, 0.05) is 6.54 Å². The number of aliphatic hydroxyl groups is 1. The molecule has 3 fully saturated rings. The Labute approximate surface area is 130 Å². The molecule has 6 heteroatoms. The van der Waals surface area contributed by atoms with Crippen molar-refractivity contribution in [1.29, 1.82) is 0 Å². The zero-order chi connectivity index (χ0) is 15.6. The minimum atomic E-state index is -1.38. The van der Waals surface area contributed by atoms with Crippen molar-refractivity contribution in [2.75, 3.05) is 19.8 Å². The summed E-state index contributed by atoms with van der Waals surface area (Å²) in [5, 5.41) is 10.2. The fourth-order valence-corrected chi connectivity index (χ4v) is 3.91. The second-order valence-corrected chi connectivity index (χ2v) is 6.66. The van der Waals surface area contributed by atoms with E-state index >= 15 is 0 Å². The highest BCUT2D eigenvalue weighted by molar-refractivity contribution is 5.84. The summed E-state index contributed by atoms with van der Waals surface area (Å²) in [4.78, 5) is 26.2. The second-order valence-electron chi connectivity index (χ2n) is 6.66. The minimum Gasteiger partial charge on any atom is -0.453 e. The third kappa shape index (κ3) is 3.13. The molecule has 3 rings (SSSR count). The lowest BCUT2D eigenvalue weighted by atomic mass is 9.90. The number of carbonyl (C=O) groups excluding carboxylic acids is 2. The molecule has 2 aliphatic carbocycles. The van der Waals surface area contributed by atoms with Gasteiger partial charge in [0.25, 0.3) is 5.91 Å². The van der Waals surface area contributed by atoms with E-state index in [1.807, 2.05) is 0 Å². The van der Waals surface area contributed by atoms with Crippen LogP contribution in [-0.4, -0.2) is 59.4 Å². The van der Waals surface area contributed by atoms with Crippen molar-refractivity contribution in [2.24, 2.45) is 0 Å². The monoisotopic (exact) mass is 311 g/mol. The van der Waals surface area contributed by atoms with Gasteiger partial charge in [-0.3, -0.25) is 4.79 Å². The van der Waals surface area contributed by atoms with Crippen molar-refractivity contribution in [2.45, 2.75) is 69.1 Å². The number of amides is 1. The molecule has 0 aromatic rings. The van der Waals surface area contributed by atoms with Crippen molar-refractivity contribution < 1.29 is 24.2 Å². The number of hydrogen-bond donors (Lipinski definition) is 1. The van der Waals surface area contributed by atoms with Crippen LogP contribution < -0.4 is 0 Å². The Hall–Kier alpha value is -1.14. The van der Waals surface area contributed by atoms with E-state index < -0.39 is 11.6 Å². The number of rotatable bonds is 3. The highest BCUT2D eigenvalue weighted by Crippen LogP contribution is 2.31. The third-order valence-electron chi connectivity index (χ3n) is 5.19. The Morgan fingerprint density at radius 2 is 1.91 bits per heavy atom. The van der Waals surface area contributed by atoms with Crippen LogP contribution in [-0.2, 0) is 19.1 Å². The van der Waals surface area contributed by atoms with E-state index in [4.69, 9.17) is 9.47 Å². The Kier molecular flexibility index (Phi) is 4.68. The first-order valence-electron chi connectivity index (χ1n) is 8.41. The number of nitrogens with zero attached hydrogens (tertiary/aromatic N) is 1. The molecule has 1 heterocycles. The third-order valence-corrected chi connectivity index (χ3v) is 5.19. The van der Waals surface area contributed by atoms with Gasteiger partial charge in [-0.15, -0.1) is 0 Å². The lowest BCUT2D eigenvalue weighted by molar-refractivity contribution is -0.172. The first-order chi connectivity index (χ1) is 10.6. The normalized spacial score (nSPS) is 30.7. The molecular weight excluding hydrogens is 286 g/mol. The van der Waals surface area contributed by atoms with Crippen LogP contribution in [0.2, 0.25) is 0 Å². The van der Waals surface area contributed by atoms with Gasteiger partial charge in [0.2, 0.25) is 0 Å². The van der Waals surface area contributed by atoms with Crippen LogP contribution >= 0.6 is 0 Å². The number of fused-ring (bicyclic) bond motifs is 1. The average Bonchev–Trinajstić information content (AvgIpc) is 2.99. The molecule has 2 saturated carbocycles. The molecule has 124 valence electrons. The van der Waals surface area contributed by atoms with E-state index in [0.29, 0.717) is 26.0 Å². The molecule has 3 aliphatic rings. The van der Waals surface area contributed by atoms with Gasteiger partial charge in [0.15, 0.2) is 12.2 Å². The Morgan fingerprint density at radius 3 is 2.68 bits per heavy atom. The number of morpholine rings is 1. The van der Waals surface area contributed by atoms with Crippen molar-refractivity contribution in [3.05, 3.63) is 0 Å². The molecule has 22 heavy (non-hydrogen) atoms. The van der Waals surface area contributed by atoms with Gasteiger partial charge >= 0.3 is 5.97 Å². The number of hydrogen-bond acceptors (Lipinski definition) is 5. The summed E-state index contributed by atoms with van der Waals surface area (Å²) in [5.41, 5.74) is -1.38. The smallest absolute Gasteiger partial charge is 0.338 e. The van der Waals surface area contributed by atoms with Crippen LogP contribution in [0.4, 0.5) is 0 Å². The summed E-state index contributed by atoms with van der Waals surface area (Å²) in [6, 6.07) is 0.114. The van der Waals surface area contributed by atoms with E-state index in [2.05, 4.69) is 0 Å². The Morgan fingerprint density at radius 1 is 1.18 bits per heavy atom. The van der Waals surface area contributed by atoms with Gasteiger partial charge < -0.3 is 19.5 Å². The quantitative estimate of drug-likeness (QED) is 0.787. The summed E-state index contributed by atoms with van der Waals surface area (Å²) < 4.78 is 10.8. The van der Waals surface area contributed by atoms with E-state index in [1.165, 1.54) is 0 Å². The molecule has 0 spiro atoms. The second kappa shape index (κ2) is 6.54. The summed E-state index contributed by atoms with van der Waals surface area (Å²) in [5.74, 6) is -0.818. The fraction of sp³-hybridized carbons (Fsp3) is 0.875. The van der Waals surface area contributed by atoms with Gasteiger partial charge in [0.1, 0.15) is 0 Å². The molecule has 0 aromatic carbocycles. The SMILES string of the molecule is O=C(COC(=O)C1(O)CCCC1)N1CCO[C@@H]2CCCC[C@H]21. The number of ether oxygens (including phenoxy) is 2. The van der Waals surface area contributed by atoms with Crippen LogP contribution in [0.25, 0.3) is 0 Å². The van der Waals surface area contributed by atoms with Crippen molar-refractivity contribution >= 4 is 11.9 Å². The number of carbonyl (C=O) groups is 2. The molecule has 6 nitrogen and oxygen atoms in total. The highest BCUT2D eigenvalue weighted by Gasteiger charge is 2.41. The van der Waals surface area contributed by atoms with Crippen LogP contribution in [0.5, 0.6) is 0 Å². The van der Waals surface area contributed by atoms with Crippen LogP contribution in [0.1, 0.15) is 51.4 Å². The lowest BCUT2D eigenvalue weighted by Crippen LogP contribution is -2.56. The topological polar surface area (TPSA) is 76.1 Å². The zero-order valence-corrected chi connectivity index (χ0v) is 13.0. The standard InChI is InChI=1S/C16H25NO5/c18-14(11-22-15(19)16(20)7-3-4-8-16)17-9-10-21-13-6-2-1-5-12(13)17/h12-13,20H,1-11H2/t12-,13-/m1/s1. The Balaban J connectivity index is 1.53. The first kappa shape index (κ1) is 15.7. The van der Waals surface area contributed by atoms with E-state index in [9.17, 15) is 14.7 Å². The van der Waals surface area contributed by atoms with Crippen molar-refractivity contribution in [1.82, 2.24) is 4.90 Å². The molecule has 1 aliphatic heterocycles. The first-order valence-corrected chi connectivity index (χ1v) is 8.41. The van der Waals surface area contributed by atoms with E-state index in [1.54, 1.807) is 4.90 Å². The lowest BCUT2D eigenvalue weighted by Gasteiger charge is -2.43. The van der Waals surface area contributed by atoms with Crippen molar-refractivity contribution in [3.63, 3.8) is 0 Å². The summed E-state index contributed by atoms with van der Waals surface area (Å²) in [6.07, 6.45) is 6.84. The molecule has 0 bridgehead atoms. The average molecular weight is 311 g/mol. The van der Waals surface area contributed by atoms with Crippen LogP contribution in [0, 0.1) is 0 Å². The van der Waals surface area contributed by atoms with Gasteiger partial charge in [-0.1, -0.05) is 12.8 Å². The minimum absolute atomic E-state index is 0.114. The number of esters is 1. The molecule has 1 N–H and O–H groups in total. The summed E-state index contributed by atoms with van der Waals surface area (Å²) >= 11 is 0. The highest BCUT2D eigenvalue weighted by atomic mass is 16.6. The van der Waals surface area contributed by atoms with E-state index in [-0.39, 0.29) is 24.7 Å². The Bertz CT molecular complexity index is 430. The van der Waals surface area contributed by atoms with Crippen LogP contribution in [0.3, 0.4) is 0 Å². The fourth-order valence-electron chi connectivity index (χ4n) is 3.91. The summed E-state index contributed by atoms with van der Waals surface area (Å²) in [6.45, 7) is 0.830. The summed E-state index contributed by atoms with van der Waals surface area (Å²) in [7, 11) is 0. The van der Waals surface area contributed by atoms with Crippen LogP contribution in [0.15, 0.2) is 0 Å². The van der Waals surface area contributed by atoms with Gasteiger partial charge in [0.05, 0.1) is 18.8 Å². The molecule has 0 unspecified atom stereocenters. The molecule has 1 amide bonds. The maximum absolute atomic E-state index is 12.4. The predicted molar refractivity (Wildman–Crippen MR) is 78.1 cm³/mol. The maximum atomic E-state index is 12.4. The van der Waals surface area contributed by atoms with E-state index in [0.717, 1.165) is 38.5 Å².